The van der Waals surface area contributed by atoms with E-state index in [0.717, 1.165) is 41.8 Å². The first-order chi connectivity index (χ1) is 16.3. The first kappa shape index (κ1) is 28.3. The van der Waals surface area contributed by atoms with Gasteiger partial charge in [-0.25, -0.2) is 0 Å². The number of nitrogens with one attached hydrogen (secondary N) is 2. The van der Waals surface area contributed by atoms with Crippen LogP contribution in [0.25, 0.3) is 0 Å². The lowest BCUT2D eigenvalue weighted by Gasteiger charge is -2.23. The number of hydrogen-bond acceptors (Lipinski definition) is 4. The molecule has 2 aromatic rings. The number of aryl methyl sites for hydroxylation is 2. The van der Waals surface area contributed by atoms with E-state index in [9.17, 15) is 9.59 Å². The maximum Gasteiger partial charge on any atom is 0.253 e. The van der Waals surface area contributed by atoms with Crippen molar-refractivity contribution < 1.29 is 4.79 Å². The van der Waals surface area contributed by atoms with Crippen molar-refractivity contribution in [3.8, 4) is 0 Å². The third-order valence-corrected chi connectivity index (χ3v) is 8.00. The molecule has 190 valence electrons. The highest BCUT2D eigenvalue weighted by Crippen LogP contribution is 2.34. The topological polar surface area (TPSA) is 65.2 Å². The summed E-state index contributed by atoms with van der Waals surface area (Å²) in [6.07, 6.45) is 8.53. The fourth-order valence-corrected chi connectivity index (χ4v) is 6.03. The summed E-state index contributed by atoms with van der Waals surface area (Å²) in [5, 5.41) is 4.95. The zero-order valence-corrected chi connectivity index (χ0v) is 23.0. The molecule has 2 N–H and O–H groups in total. The summed E-state index contributed by atoms with van der Waals surface area (Å²) < 4.78 is 0. The number of pyridine rings is 1. The van der Waals surface area contributed by atoms with E-state index in [1.807, 2.05) is 25.3 Å². The fraction of sp³-hybridized carbons (Fsp3) is 0.643. The van der Waals surface area contributed by atoms with E-state index >= 15 is 0 Å². The summed E-state index contributed by atoms with van der Waals surface area (Å²) in [4.78, 5) is 32.0. The van der Waals surface area contributed by atoms with Gasteiger partial charge in [0, 0.05) is 28.1 Å². The maximum absolute atomic E-state index is 12.9. The SMILES string of the molecule is CCCCCN(CCC)CCCC(CC)c1scc(C(=O)NCc2c(C)cc(C)[nH]c2=O)c1C. The molecule has 0 aliphatic carbocycles. The number of carbonyl (C=O) groups excluding carboxylic acids is 1. The lowest BCUT2D eigenvalue weighted by atomic mass is 9.94. The summed E-state index contributed by atoms with van der Waals surface area (Å²) >= 11 is 1.71. The highest BCUT2D eigenvalue weighted by atomic mass is 32.1. The molecular weight excluding hydrogens is 442 g/mol. The van der Waals surface area contributed by atoms with Gasteiger partial charge in [0.2, 0.25) is 0 Å². The van der Waals surface area contributed by atoms with E-state index in [1.54, 1.807) is 11.3 Å². The Morgan fingerprint density at radius 1 is 1.06 bits per heavy atom. The molecule has 0 aliphatic heterocycles. The lowest BCUT2D eigenvalue weighted by molar-refractivity contribution is 0.0950. The van der Waals surface area contributed by atoms with Crippen molar-refractivity contribution in [1.82, 2.24) is 15.2 Å². The van der Waals surface area contributed by atoms with Crippen molar-refractivity contribution >= 4 is 17.2 Å². The summed E-state index contributed by atoms with van der Waals surface area (Å²) in [5.41, 5.74) is 4.07. The van der Waals surface area contributed by atoms with Gasteiger partial charge in [-0.3, -0.25) is 9.59 Å². The van der Waals surface area contributed by atoms with Gasteiger partial charge >= 0.3 is 0 Å². The predicted molar refractivity (Wildman–Crippen MR) is 145 cm³/mol. The van der Waals surface area contributed by atoms with Gasteiger partial charge in [-0.15, -0.1) is 11.3 Å². The van der Waals surface area contributed by atoms with Crippen molar-refractivity contribution in [2.75, 3.05) is 19.6 Å². The van der Waals surface area contributed by atoms with Crippen LogP contribution in [0.3, 0.4) is 0 Å². The molecule has 0 fully saturated rings. The molecule has 0 bridgehead atoms. The van der Waals surface area contributed by atoms with E-state index in [2.05, 4.69) is 42.9 Å². The average molecular weight is 488 g/mol. The third-order valence-electron chi connectivity index (χ3n) is 6.75. The van der Waals surface area contributed by atoms with Gasteiger partial charge in [-0.1, -0.05) is 33.6 Å². The monoisotopic (exact) mass is 487 g/mol. The summed E-state index contributed by atoms with van der Waals surface area (Å²) in [7, 11) is 0. The molecule has 0 aromatic carbocycles. The van der Waals surface area contributed by atoms with Crippen LogP contribution in [0.1, 0.15) is 109 Å². The second-order valence-electron chi connectivity index (χ2n) is 9.56. The molecule has 0 aliphatic rings. The number of aromatic amines is 1. The van der Waals surface area contributed by atoms with Crippen molar-refractivity contribution in [2.24, 2.45) is 0 Å². The maximum atomic E-state index is 12.9. The molecule has 1 atom stereocenters. The minimum Gasteiger partial charge on any atom is -0.348 e. The molecule has 0 radical (unpaired) electrons. The number of H-pyrrole nitrogens is 1. The largest absolute Gasteiger partial charge is 0.348 e. The van der Waals surface area contributed by atoms with Gasteiger partial charge in [0.1, 0.15) is 0 Å². The molecule has 1 unspecified atom stereocenters. The number of aromatic nitrogens is 1. The molecular formula is C28H45N3O2S. The summed E-state index contributed by atoms with van der Waals surface area (Å²) in [6, 6.07) is 1.94. The van der Waals surface area contributed by atoms with Crippen LogP contribution in [-0.4, -0.2) is 35.4 Å². The van der Waals surface area contributed by atoms with Crippen LogP contribution in [0.4, 0.5) is 0 Å². The minimum atomic E-state index is -0.126. The normalized spacial score (nSPS) is 12.3. The fourth-order valence-electron chi connectivity index (χ4n) is 4.74. The smallest absolute Gasteiger partial charge is 0.253 e. The zero-order chi connectivity index (χ0) is 25.1. The second-order valence-corrected chi connectivity index (χ2v) is 10.5. The van der Waals surface area contributed by atoms with Crippen LogP contribution in [0.15, 0.2) is 16.2 Å². The van der Waals surface area contributed by atoms with Gasteiger partial charge in [-0.2, -0.15) is 0 Å². The van der Waals surface area contributed by atoms with Gasteiger partial charge in [0.15, 0.2) is 0 Å². The third kappa shape index (κ3) is 8.09. The van der Waals surface area contributed by atoms with Crippen molar-refractivity contribution in [3.63, 3.8) is 0 Å². The highest BCUT2D eigenvalue weighted by Gasteiger charge is 2.20. The average Bonchev–Trinajstić information content (AvgIpc) is 3.17. The zero-order valence-electron chi connectivity index (χ0n) is 22.2. The molecule has 34 heavy (non-hydrogen) atoms. The molecule has 5 nitrogen and oxygen atoms in total. The molecule has 2 aromatic heterocycles. The second kappa shape index (κ2) is 14.5. The van der Waals surface area contributed by atoms with Crippen LogP contribution in [0, 0.1) is 20.8 Å². The van der Waals surface area contributed by atoms with E-state index in [-0.39, 0.29) is 18.0 Å². The van der Waals surface area contributed by atoms with Crippen LogP contribution >= 0.6 is 11.3 Å². The number of thiophene rings is 1. The molecule has 0 spiro atoms. The predicted octanol–water partition coefficient (Wildman–Crippen LogP) is 6.47. The Morgan fingerprint density at radius 2 is 1.79 bits per heavy atom. The Morgan fingerprint density at radius 3 is 2.44 bits per heavy atom. The van der Waals surface area contributed by atoms with Crippen LogP contribution in [0.5, 0.6) is 0 Å². The first-order valence-corrected chi connectivity index (χ1v) is 14.0. The quantitative estimate of drug-likeness (QED) is 0.283. The van der Waals surface area contributed by atoms with Crippen LogP contribution in [0.2, 0.25) is 0 Å². The summed E-state index contributed by atoms with van der Waals surface area (Å²) in [6.45, 7) is 16.4. The Hall–Kier alpha value is -1.92. The number of carbonyl (C=O) groups is 1. The van der Waals surface area contributed by atoms with E-state index in [1.165, 1.54) is 50.1 Å². The molecule has 6 heteroatoms. The van der Waals surface area contributed by atoms with E-state index in [4.69, 9.17) is 0 Å². The Bertz CT molecular complexity index is 963. The van der Waals surface area contributed by atoms with Crippen LogP contribution in [-0.2, 0) is 6.54 Å². The molecule has 2 rings (SSSR count). The van der Waals surface area contributed by atoms with Crippen LogP contribution < -0.4 is 10.9 Å². The van der Waals surface area contributed by atoms with E-state index in [0.29, 0.717) is 11.5 Å². The van der Waals surface area contributed by atoms with E-state index < -0.39 is 0 Å². The van der Waals surface area contributed by atoms with Gasteiger partial charge in [0.25, 0.3) is 11.5 Å². The Labute approximate surface area is 210 Å². The number of amides is 1. The minimum absolute atomic E-state index is 0.0979. The van der Waals surface area contributed by atoms with Crippen molar-refractivity contribution in [3.05, 3.63) is 54.6 Å². The molecule has 0 saturated carbocycles. The molecule has 1 amide bonds. The standard InChI is InChI=1S/C28H45N3O2S/c1-7-10-11-15-31(14-8-2)16-12-13-23(9-3)26-22(6)25(19-34-26)27(32)29-18-24-20(4)17-21(5)30-28(24)33/h17,19,23H,7-16,18H2,1-6H3,(H,29,32)(H,30,33). The number of rotatable bonds is 15. The van der Waals surface area contributed by atoms with Gasteiger partial charge in [-0.05, 0) is 95.6 Å². The number of nitrogens with zero attached hydrogens (tertiary/aromatic N) is 1. The lowest BCUT2D eigenvalue weighted by Crippen LogP contribution is -2.28. The number of unbranched alkanes of at least 4 members (excludes halogenated alkanes) is 2. The van der Waals surface area contributed by atoms with Gasteiger partial charge in [0.05, 0.1) is 5.56 Å². The summed E-state index contributed by atoms with van der Waals surface area (Å²) in [5.74, 6) is 0.395. The van der Waals surface area contributed by atoms with Crippen molar-refractivity contribution in [1.29, 1.82) is 0 Å². The highest BCUT2D eigenvalue weighted by molar-refractivity contribution is 7.10. The Balaban J connectivity index is 1.97. The number of hydrogen-bond donors (Lipinski definition) is 2. The van der Waals surface area contributed by atoms with Gasteiger partial charge < -0.3 is 15.2 Å². The van der Waals surface area contributed by atoms with Crippen molar-refractivity contribution in [2.45, 2.75) is 99.0 Å². The Kier molecular flexibility index (Phi) is 12.1. The molecule has 2 heterocycles. The molecule has 0 saturated heterocycles. The first-order valence-electron chi connectivity index (χ1n) is 13.1.